The molecule has 0 bridgehead atoms. The molecule has 3 heterocycles. The number of hydrogen-bond donors (Lipinski definition) is 1. The third-order valence-corrected chi connectivity index (χ3v) is 5.26. The van der Waals surface area contributed by atoms with Crippen molar-refractivity contribution in [3.8, 4) is 11.5 Å². The molecule has 0 aliphatic rings. The number of benzene rings is 1. The minimum Gasteiger partial charge on any atom is -0.352 e. The van der Waals surface area contributed by atoms with Crippen molar-refractivity contribution >= 4 is 17.2 Å². The molecule has 1 amide bonds. The summed E-state index contributed by atoms with van der Waals surface area (Å²) in [6, 6.07) is 16.1. The van der Waals surface area contributed by atoms with E-state index in [2.05, 4.69) is 22.5 Å². The van der Waals surface area contributed by atoms with Crippen molar-refractivity contribution in [2.24, 2.45) is 0 Å². The van der Waals surface area contributed by atoms with Crippen LogP contribution in [0.4, 0.5) is 0 Å². The SMILES string of the molecule is Cc1cccc(-n2ncc(C(=O)NCCc3cccs3)c2-n2cccc2)c1. The van der Waals surface area contributed by atoms with Crippen LogP contribution in [0, 0.1) is 6.92 Å². The molecule has 0 unspecified atom stereocenters. The van der Waals surface area contributed by atoms with Crippen molar-refractivity contribution in [3.63, 3.8) is 0 Å². The van der Waals surface area contributed by atoms with Crippen LogP contribution in [0.1, 0.15) is 20.8 Å². The Morgan fingerprint density at radius 1 is 1.15 bits per heavy atom. The van der Waals surface area contributed by atoms with Gasteiger partial charge < -0.3 is 9.88 Å². The first-order valence-electron chi connectivity index (χ1n) is 8.81. The van der Waals surface area contributed by atoms with Crippen LogP contribution >= 0.6 is 11.3 Å². The minimum absolute atomic E-state index is 0.117. The van der Waals surface area contributed by atoms with E-state index in [1.165, 1.54) is 4.88 Å². The molecule has 3 aromatic heterocycles. The van der Waals surface area contributed by atoms with Crippen molar-refractivity contribution in [3.05, 3.63) is 88.5 Å². The highest BCUT2D eigenvalue weighted by Crippen LogP contribution is 2.20. The molecule has 5 nitrogen and oxygen atoms in total. The molecule has 4 rings (SSSR count). The molecule has 27 heavy (non-hydrogen) atoms. The van der Waals surface area contributed by atoms with Gasteiger partial charge in [0.05, 0.1) is 11.9 Å². The topological polar surface area (TPSA) is 51.9 Å². The van der Waals surface area contributed by atoms with Gasteiger partial charge in [0.15, 0.2) is 5.82 Å². The highest BCUT2D eigenvalue weighted by atomic mass is 32.1. The summed E-state index contributed by atoms with van der Waals surface area (Å²) in [7, 11) is 0. The summed E-state index contributed by atoms with van der Waals surface area (Å²) in [4.78, 5) is 14.1. The molecule has 1 N–H and O–H groups in total. The van der Waals surface area contributed by atoms with E-state index < -0.39 is 0 Å². The van der Waals surface area contributed by atoms with Crippen LogP contribution in [0.2, 0.25) is 0 Å². The second kappa shape index (κ2) is 7.63. The lowest BCUT2D eigenvalue weighted by Gasteiger charge is -2.11. The second-order valence-corrected chi connectivity index (χ2v) is 7.34. The highest BCUT2D eigenvalue weighted by Gasteiger charge is 2.19. The third kappa shape index (κ3) is 3.71. The highest BCUT2D eigenvalue weighted by molar-refractivity contribution is 7.09. The maximum atomic E-state index is 12.8. The van der Waals surface area contributed by atoms with Crippen LogP contribution in [-0.4, -0.2) is 26.8 Å². The molecule has 136 valence electrons. The number of rotatable bonds is 6. The Hall–Kier alpha value is -3.12. The predicted molar refractivity (Wildman–Crippen MR) is 108 cm³/mol. The van der Waals surface area contributed by atoms with Crippen LogP contribution in [0.15, 0.2) is 72.5 Å². The average Bonchev–Trinajstić information content (AvgIpc) is 3.41. The van der Waals surface area contributed by atoms with Gasteiger partial charge in [0, 0.05) is 23.8 Å². The van der Waals surface area contributed by atoms with Crippen LogP contribution in [-0.2, 0) is 6.42 Å². The lowest BCUT2D eigenvalue weighted by Crippen LogP contribution is -2.26. The molecule has 0 saturated carbocycles. The molecule has 0 aliphatic carbocycles. The number of amides is 1. The van der Waals surface area contributed by atoms with Gasteiger partial charge in [-0.1, -0.05) is 18.2 Å². The smallest absolute Gasteiger partial charge is 0.256 e. The quantitative estimate of drug-likeness (QED) is 0.553. The lowest BCUT2D eigenvalue weighted by atomic mass is 10.2. The standard InChI is InChI=1S/C21H20N4OS/c1-16-6-4-7-17(14-16)25-21(24-11-2-3-12-24)19(15-23-25)20(26)22-10-9-18-8-5-13-27-18/h2-8,11-15H,9-10H2,1H3,(H,22,26). The van der Waals surface area contributed by atoms with Crippen molar-refractivity contribution in [2.75, 3.05) is 6.54 Å². The van der Waals surface area contributed by atoms with Crippen LogP contribution in [0.3, 0.4) is 0 Å². The van der Waals surface area contributed by atoms with Crippen LogP contribution in [0.25, 0.3) is 11.5 Å². The van der Waals surface area contributed by atoms with E-state index in [0.29, 0.717) is 12.1 Å². The Labute approximate surface area is 161 Å². The fourth-order valence-corrected chi connectivity index (χ4v) is 3.73. The van der Waals surface area contributed by atoms with E-state index in [1.54, 1.807) is 22.2 Å². The molecule has 0 atom stereocenters. The summed E-state index contributed by atoms with van der Waals surface area (Å²) >= 11 is 1.70. The number of carbonyl (C=O) groups is 1. The summed E-state index contributed by atoms with van der Waals surface area (Å²) in [5, 5.41) is 9.57. The van der Waals surface area contributed by atoms with Crippen molar-refractivity contribution in [1.82, 2.24) is 19.7 Å². The van der Waals surface area contributed by atoms with Gasteiger partial charge in [0.1, 0.15) is 5.56 Å². The number of hydrogen-bond acceptors (Lipinski definition) is 3. The van der Waals surface area contributed by atoms with E-state index in [1.807, 2.05) is 65.7 Å². The maximum absolute atomic E-state index is 12.8. The zero-order valence-electron chi connectivity index (χ0n) is 15.0. The molecule has 6 heteroatoms. The van der Waals surface area contributed by atoms with Crippen molar-refractivity contribution < 1.29 is 4.79 Å². The summed E-state index contributed by atoms with van der Waals surface area (Å²) in [5.41, 5.74) is 2.62. The molecule has 0 spiro atoms. The average molecular weight is 376 g/mol. The van der Waals surface area contributed by atoms with Gasteiger partial charge in [-0.2, -0.15) is 5.10 Å². The first-order valence-corrected chi connectivity index (χ1v) is 9.69. The molecule has 4 aromatic rings. The number of nitrogens with zero attached hydrogens (tertiary/aromatic N) is 3. The zero-order valence-corrected chi connectivity index (χ0v) is 15.8. The third-order valence-electron chi connectivity index (χ3n) is 4.32. The van der Waals surface area contributed by atoms with Gasteiger partial charge in [0.2, 0.25) is 0 Å². The number of thiophene rings is 1. The van der Waals surface area contributed by atoms with Crippen LogP contribution < -0.4 is 5.32 Å². The molecule has 0 fully saturated rings. The van der Waals surface area contributed by atoms with Gasteiger partial charge in [-0.15, -0.1) is 11.3 Å². The fourth-order valence-electron chi connectivity index (χ4n) is 3.02. The first kappa shape index (κ1) is 17.3. The van der Waals surface area contributed by atoms with Crippen LogP contribution in [0.5, 0.6) is 0 Å². The summed E-state index contributed by atoms with van der Waals surface area (Å²) in [5.74, 6) is 0.619. The molecular weight excluding hydrogens is 356 g/mol. The predicted octanol–water partition coefficient (Wildman–Crippen LogP) is 4.01. The number of aromatic nitrogens is 3. The number of carbonyl (C=O) groups excluding carboxylic acids is 1. The number of aryl methyl sites for hydroxylation is 1. The van der Waals surface area contributed by atoms with Gasteiger partial charge in [-0.25, -0.2) is 4.68 Å². The van der Waals surface area contributed by atoms with Crippen molar-refractivity contribution in [2.45, 2.75) is 13.3 Å². The summed E-state index contributed by atoms with van der Waals surface area (Å²) < 4.78 is 3.73. The van der Waals surface area contributed by atoms with E-state index in [4.69, 9.17) is 0 Å². The Morgan fingerprint density at radius 3 is 2.74 bits per heavy atom. The molecule has 1 aromatic carbocycles. The normalized spacial score (nSPS) is 10.9. The van der Waals surface area contributed by atoms with Gasteiger partial charge in [-0.05, 0) is 54.6 Å². The Balaban J connectivity index is 1.63. The largest absolute Gasteiger partial charge is 0.352 e. The second-order valence-electron chi connectivity index (χ2n) is 6.31. The lowest BCUT2D eigenvalue weighted by molar-refractivity contribution is 0.0954. The zero-order chi connectivity index (χ0) is 18.6. The van der Waals surface area contributed by atoms with E-state index in [-0.39, 0.29) is 5.91 Å². The number of nitrogens with one attached hydrogen (secondary N) is 1. The first-order chi connectivity index (χ1) is 13.2. The van der Waals surface area contributed by atoms with Crippen molar-refractivity contribution in [1.29, 1.82) is 0 Å². The van der Waals surface area contributed by atoms with E-state index >= 15 is 0 Å². The Morgan fingerprint density at radius 2 is 2.00 bits per heavy atom. The van der Waals surface area contributed by atoms with Gasteiger partial charge in [0.25, 0.3) is 5.91 Å². The fraction of sp³-hybridized carbons (Fsp3) is 0.143. The molecule has 0 saturated heterocycles. The van der Waals surface area contributed by atoms with Gasteiger partial charge >= 0.3 is 0 Å². The van der Waals surface area contributed by atoms with E-state index in [9.17, 15) is 4.79 Å². The summed E-state index contributed by atoms with van der Waals surface area (Å²) in [6.07, 6.45) is 6.31. The molecule has 0 aliphatic heterocycles. The Bertz CT molecular complexity index is 1030. The maximum Gasteiger partial charge on any atom is 0.256 e. The molecule has 0 radical (unpaired) electrons. The minimum atomic E-state index is -0.117. The van der Waals surface area contributed by atoms with E-state index in [0.717, 1.165) is 23.5 Å². The summed E-state index contributed by atoms with van der Waals surface area (Å²) in [6.45, 7) is 2.64. The van der Waals surface area contributed by atoms with Gasteiger partial charge in [-0.3, -0.25) is 4.79 Å². The molecular formula is C21H20N4OS. The monoisotopic (exact) mass is 376 g/mol. The Kier molecular flexibility index (Phi) is 4.89.